The van der Waals surface area contributed by atoms with Gasteiger partial charge in [0.05, 0.1) is 4.47 Å². The average Bonchev–Trinajstić information content (AvgIpc) is 2.62. The summed E-state index contributed by atoms with van der Waals surface area (Å²) in [4.78, 5) is 12.0. The first-order valence-corrected chi connectivity index (χ1v) is 9.14. The molecule has 0 amide bonds. The van der Waals surface area contributed by atoms with E-state index in [9.17, 15) is 4.79 Å². The molecule has 0 aromatic heterocycles. The van der Waals surface area contributed by atoms with Gasteiger partial charge in [-0.2, -0.15) is 0 Å². The Kier molecular flexibility index (Phi) is 5.89. The quantitative estimate of drug-likeness (QED) is 0.352. The van der Waals surface area contributed by atoms with E-state index >= 15 is 0 Å². The number of hydrogen-bond acceptors (Lipinski definition) is 3. The Bertz CT molecular complexity index is 879. The molecule has 126 valence electrons. The second-order valence-electron chi connectivity index (χ2n) is 5.23. The number of halogens is 2. The Balaban J connectivity index is 1.63. The molecule has 0 unspecified atom stereocenters. The lowest BCUT2D eigenvalue weighted by Gasteiger charge is -2.10. The predicted octanol–water partition coefficient (Wildman–Crippen LogP) is 5.86. The molecule has 25 heavy (non-hydrogen) atoms. The summed E-state index contributed by atoms with van der Waals surface area (Å²) in [6.07, 6.45) is 0. The minimum atomic E-state index is -0.465. The molecule has 0 aliphatic heterocycles. The molecule has 0 aliphatic rings. The van der Waals surface area contributed by atoms with Crippen molar-refractivity contribution in [3.05, 3.63) is 81.7 Å². The molecule has 3 aromatic rings. The molecule has 0 N–H and O–H groups in total. The van der Waals surface area contributed by atoms with E-state index in [1.165, 1.54) is 0 Å². The fourth-order valence-corrected chi connectivity index (χ4v) is 3.08. The summed E-state index contributed by atoms with van der Waals surface area (Å²) in [5.74, 6) is 0.598. The zero-order chi connectivity index (χ0) is 17.6. The van der Waals surface area contributed by atoms with Crippen LogP contribution >= 0.6 is 31.9 Å². The minimum absolute atomic E-state index is 0.163. The van der Waals surface area contributed by atoms with E-state index < -0.39 is 5.97 Å². The highest BCUT2D eigenvalue weighted by atomic mass is 79.9. The lowest BCUT2D eigenvalue weighted by Crippen LogP contribution is -2.17. The number of hydrogen-bond donors (Lipinski definition) is 0. The topological polar surface area (TPSA) is 35.5 Å². The van der Waals surface area contributed by atoms with Gasteiger partial charge in [0.25, 0.3) is 0 Å². The number of ether oxygens (including phenoxy) is 2. The van der Waals surface area contributed by atoms with Gasteiger partial charge in [0.15, 0.2) is 6.61 Å². The van der Waals surface area contributed by atoms with E-state index in [4.69, 9.17) is 9.47 Å². The van der Waals surface area contributed by atoms with Crippen molar-refractivity contribution in [2.24, 2.45) is 0 Å². The summed E-state index contributed by atoms with van der Waals surface area (Å²) < 4.78 is 12.4. The molecule has 5 heteroatoms. The molecule has 0 saturated heterocycles. The number of esters is 1. The molecule has 0 saturated carbocycles. The fourth-order valence-electron chi connectivity index (χ4n) is 2.24. The van der Waals surface area contributed by atoms with Gasteiger partial charge in [-0.1, -0.05) is 58.4 Å². The molecule has 0 radical (unpaired) electrons. The molecule has 0 atom stereocenters. The summed E-state index contributed by atoms with van der Waals surface area (Å²) in [5, 5.41) is 0. The Morgan fingerprint density at radius 3 is 2.36 bits per heavy atom. The van der Waals surface area contributed by atoms with Gasteiger partial charge in [-0.3, -0.25) is 0 Å². The summed E-state index contributed by atoms with van der Waals surface area (Å²) in [6, 6.07) is 22.9. The lowest BCUT2D eigenvalue weighted by atomic mass is 10.1. The standard InChI is InChI=1S/C20H14Br2O3/c21-16-7-4-8-17(12-16)24-13-20(23)25-19-10-9-15(11-18(19)22)14-5-2-1-3-6-14/h1-12H,13H2. The maximum absolute atomic E-state index is 12.0. The monoisotopic (exact) mass is 460 g/mol. The summed E-state index contributed by atoms with van der Waals surface area (Å²) >= 11 is 6.81. The largest absolute Gasteiger partial charge is 0.482 e. The molecule has 3 nitrogen and oxygen atoms in total. The third kappa shape index (κ3) is 4.94. The molecule has 0 spiro atoms. The Morgan fingerprint density at radius 2 is 1.64 bits per heavy atom. The maximum atomic E-state index is 12.0. The normalized spacial score (nSPS) is 10.3. The molecule has 3 aromatic carbocycles. The molecular weight excluding hydrogens is 448 g/mol. The minimum Gasteiger partial charge on any atom is -0.482 e. The summed E-state index contributed by atoms with van der Waals surface area (Å²) in [7, 11) is 0. The zero-order valence-electron chi connectivity index (χ0n) is 13.1. The molecule has 0 aliphatic carbocycles. The van der Waals surface area contributed by atoms with Crippen molar-refractivity contribution in [1.82, 2.24) is 0 Å². The van der Waals surface area contributed by atoms with Crippen molar-refractivity contribution >= 4 is 37.8 Å². The molecule has 0 heterocycles. The Labute approximate surface area is 162 Å². The van der Waals surface area contributed by atoms with Gasteiger partial charge in [-0.15, -0.1) is 0 Å². The maximum Gasteiger partial charge on any atom is 0.349 e. The van der Waals surface area contributed by atoms with E-state index in [-0.39, 0.29) is 6.61 Å². The van der Waals surface area contributed by atoms with Crippen LogP contribution in [0.5, 0.6) is 11.5 Å². The van der Waals surface area contributed by atoms with Crippen molar-refractivity contribution in [2.45, 2.75) is 0 Å². The third-order valence-electron chi connectivity index (χ3n) is 3.42. The van der Waals surface area contributed by atoms with Crippen LogP contribution in [0.3, 0.4) is 0 Å². The smallest absolute Gasteiger partial charge is 0.349 e. The van der Waals surface area contributed by atoms with E-state index in [0.29, 0.717) is 16.0 Å². The number of carbonyl (C=O) groups excluding carboxylic acids is 1. The van der Waals surface area contributed by atoms with Crippen molar-refractivity contribution in [3.8, 4) is 22.6 Å². The van der Waals surface area contributed by atoms with Crippen molar-refractivity contribution in [1.29, 1.82) is 0 Å². The van der Waals surface area contributed by atoms with Crippen LogP contribution in [0.2, 0.25) is 0 Å². The highest BCUT2D eigenvalue weighted by Gasteiger charge is 2.10. The van der Waals surface area contributed by atoms with Crippen LogP contribution in [0.4, 0.5) is 0 Å². The van der Waals surface area contributed by atoms with Crippen molar-refractivity contribution in [2.75, 3.05) is 6.61 Å². The number of rotatable bonds is 5. The van der Waals surface area contributed by atoms with Gasteiger partial charge in [0.2, 0.25) is 0 Å². The second kappa shape index (κ2) is 8.32. The van der Waals surface area contributed by atoms with Gasteiger partial charge < -0.3 is 9.47 Å². The van der Waals surface area contributed by atoms with E-state index in [1.54, 1.807) is 18.2 Å². The average molecular weight is 462 g/mol. The number of benzene rings is 3. The molecule has 0 fully saturated rings. The van der Waals surface area contributed by atoms with Crippen LogP contribution < -0.4 is 9.47 Å². The Hall–Kier alpha value is -2.11. The highest BCUT2D eigenvalue weighted by Crippen LogP contribution is 2.30. The van der Waals surface area contributed by atoms with Crippen LogP contribution in [0.1, 0.15) is 0 Å². The second-order valence-corrected chi connectivity index (χ2v) is 7.00. The summed E-state index contributed by atoms with van der Waals surface area (Å²) in [6.45, 7) is -0.163. The molecular formula is C20H14Br2O3. The van der Waals surface area contributed by atoms with Crippen LogP contribution in [0.25, 0.3) is 11.1 Å². The third-order valence-corrected chi connectivity index (χ3v) is 4.53. The molecule has 0 bridgehead atoms. The van der Waals surface area contributed by atoms with Gasteiger partial charge in [0, 0.05) is 4.47 Å². The van der Waals surface area contributed by atoms with Crippen molar-refractivity contribution in [3.63, 3.8) is 0 Å². The first-order chi connectivity index (χ1) is 12.1. The van der Waals surface area contributed by atoms with Crippen LogP contribution in [0.15, 0.2) is 81.7 Å². The predicted molar refractivity (Wildman–Crippen MR) is 105 cm³/mol. The SMILES string of the molecule is O=C(COc1cccc(Br)c1)Oc1ccc(-c2ccccc2)cc1Br. The van der Waals surface area contributed by atoms with Gasteiger partial charge in [0.1, 0.15) is 11.5 Å². The first-order valence-electron chi connectivity index (χ1n) is 7.56. The first kappa shape index (κ1) is 17.7. The van der Waals surface area contributed by atoms with Gasteiger partial charge >= 0.3 is 5.97 Å². The lowest BCUT2D eigenvalue weighted by molar-refractivity contribution is -0.136. The number of carbonyl (C=O) groups is 1. The van der Waals surface area contributed by atoms with Crippen LogP contribution in [-0.4, -0.2) is 12.6 Å². The fraction of sp³-hybridized carbons (Fsp3) is 0.0500. The van der Waals surface area contributed by atoms with Gasteiger partial charge in [-0.05, 0) is 57.4 Å². The van der Waals surface area contributed by atoms with Crippen molar-refractivity contribution < 1.29 is 14.3 Å². The highest BCUT2D eigenvalue weighted by molar-refractivity contribution is 9.10. The Morgan fingerprint density at radius 1 is 0.840 bits per heavy atom. The van der Waals surface area contributed by atoms with E-state index in [1.807, 2.05) is 54.6 Å². The molecule has 3 rings (SSSR count). The van der Waals surface area contributed by atoms with Crippen LogP contribution in [0, 0.1) is 0 Å². The van der Waals surface area contributed by atoms with E-state index in [2.05, 4.69) is 31.9 Å². The van der Waals surface area contributed by atoms with Gasteiger partial charge in [-0.25, -0.2) is 4.79 Å². The van der Waals surface area contributed by atoms with Crippen LogP contribution in [-0.2, 0) is 4.79 Å². The zero-order valence-corrected chi connectivity index (χ0v) is 16.3. The summed E-state index contributed by atoms with van der Waals surface area (Å²) in [5.41, 5.74) is 2.14. The van der Waals surface area contributed by atoms with E-state index in [0.717, 1.165) is 15.6 Å².